The van der Waals surface area contributed by atoms with Crippen molar-refractivity contribution in [3.8, 4) is 5.75 Å². The number of carbonyl (C=O) groups excluding carboxylic acids is 2. The Bertz CT molecular complexity index is 1300. The van der Waals surface area contributed by atoms with E-state index >= 15 is 0 Å². The van der Waals surface area contributed by atoms with Crippen LogP contribution in [0.3, 0.4) is 0 Å². The van der Waals surface area contributed by atoms with Crippen molar-refractivity contribution in [2.24, 2.45) is 0 Å². The highest BCUT2D eigenvalue weighted by atomic mass is 32.2. The van der Waals surface area contributed by atoms with Crippen molar-refractivity contribution < 1.29 is 22.7 Å². The lowest BCUT2D eigenvalue weighted by Crippen LogP contribution is -2.38. The van der Waals surface area contributed by atoms with Gasteiger partial charge < -0.3 is 15.0 Å². The zero-order chi connectivity index (χ0) is 26.3. The number of ether oxygens (including phenoxy) is 1. The monoisotopic (exact) mass is 509 g/mol. The summed E-state index contributed by atoms with van der Waals surface area (Å²) in [6, 6.07) is 19.5. The van der Waals surface area contributed by atoms with E-state index in [1.165, 1.54) is 19.2 Å². The normalized spacial score (nSPS) is 11.0. The van der Waals surface area contributed by atoms with E-state index in [0.717, 1.165) is 9.87 Å². The lowest BCUT2D eigenvalue weighted by molar-refractivity contribution is -0.114. The molecule has 36 heavy (non-hydrogen) atoms. The zero-order valence-electron chi connectivity index (χ0n) is 20.9. The fourth-order valence-electron chi connectivity index (χ4n) is 3.68. The number of sulfonamides is 1. The van der Waals surface area contributed by atoms with Gasteiger partial charge in [-0.25, -0.2) is 8.42 Å². The van der Waals surface area contributed by atoms with E-state index in [-0.39, 0.29) is 10.8 Å². The molecule has 0 radical (unpaired) electrons. The first-order valence-corrected chi connectivity index (χ1v) is 13.1. The second kappa shape index (κ2) is 11.7. The Hall–Kier alpha value is -3.85. The molecule has 0 aliphatic carbocycles. The lowest BCUT2D eigenvalue weighted by Gasteiger charge is -2.25. The first-order valence-electron chi connectivity index (χ1n) is 11.6. The van der Waals surface area contributed by atoms with Crippen LogP contribution in [0.5, 0.6) is 5.75 Å². The molecule has 0 aromatic heterocycles. The highest BCUT2D eigenvalue weighted by Crippen LogP contribution is 2.26. The summed E-state index contributed by atoms with van der Waals surface area (Å²) < 4.78 is 33.4. The zero-order valence-corrected chi connectivity index (χ0v) is 21.7. The third-order valence-corrected chi connectivity index (χ3v) is 7.53. The van der Waals surface area contributed by atoms with Crippen LogP contribution in [0.15, 0.2) is 77.7 Å². The van der Waals surface area contributed by atoms with Crippen LogP contribution in [0, 0.1) is 6.92 Å². The minimum Gasteiger partial charge on any atom is -0.497 e. The van der Waals surface area contributed by atoms with Crippen LogP contribution < -0.4 is 14.4 Å². The molecule has 0 saturated carbocycles. The second-order valence-corrected chi connectivity index (χ2v) is 9.96. The number of nitrogens with one attached hydrogen (secondary N) is 1. The Morgan fingerprint density at radius 2 is 1.50 bits per heavy atom. The molecule has 8 nitrogen and oxygen atoms in total. The van der Waals surface area contributed by atoms with E-state index in [4.69, 9.17) is 4.74 Å². The number of methoxy groups -OCH3 is 1. The maximum Gasteiger partial charge on any atom is 0.264 e. The van der Waals surface area contributed by atoms with Gasteiger partial charge in [0.25, 0.3) is 15.9 Å². The van der Waals surface area contributed by atoms with Crippen LogP contribution in [0.25, 0.3) is 0 Å². The van der Waals surface area contributed by atoms with Crippen LogP contribution in [-0.2, 0) is 14.8 Å². The molecule has 3 rings (SSSR count). The molecule has 0 fully saturated rings. The summed E-state index contributed by atoms with van der Waals surface area (Å²) in [6.45, 7) is 6.18. The summed E-state index contributed by atoms with van der Waals surface area (Å²) in [7, 11) is -2.55. The van der Waals surface area contributed by atoms with Gasteiger partial charge >= 0.3 is 0 Å². The van der Waals surface area contributed by atoms with E-state index in [0.29, 0.717) is 35.8 Å². The summed E-state index contributed by atoms with van der Waals surface area (Å²) in [5, 5.41) is 2.73. The van der Waals surface area contributed by atoms with Gasteiger partial charge in [-0.3, -0.25) is 13.9 Å². The molecule has 3 aromatic carbocycles. The number of nitrogens with zero attached hydrogens (tertiary/aromatic N) is 2. The number of anilines is 2. The fourth-order valence-corrected chi connectivity index (χ4v) is 5.10. The maximum absolute atomic E-state index is 13.6. The summed E-state index contributed by atoms with van der Waals surface area (Å²) in [5.74, 6) is -0.240. The molecule has 0 atom stereocenters. The van der Waals surface area contributed by atoms with Crippen LogP contribution in [0.4, 0.5) is 11.4 Å². The van der Waals surface area contributed by atoms with Gasteiger partial charge in [0.05, 0.1) is 28.9 Å². The Morgan fingerprint density at radius 1 is 0.889 bits per heavy atom. The molecule has 190 valence electrons. The predicted molar refractivity (Wildman–Crippen MR) is 141 cm³/mol. The molecule has 3 aromatic rings. The van der Waals surface area contributed by atoms with Gasteiger partial charge in [0.2, 0.25) is 5.91 Å². The van der Waals surface area contributed by atoms with Gasteiger partial charge in [-0.15, -0.1) is 0 Å². The van der Waals surface area contributed by atoms with E-state index in [1.807, 2.05) is 20.8 Å². The summed E-state index contributed by atoms with van der Waals surface area (Å²) in [6.07, 6.45) is 0. The van der Waals surface area contributed by atoms with Gasteiger partial charge in [0.1, 0.15) is 12.3 Å². The van der Waals surface area contributed by atoms with Gasteiger partial charge in [-0.2, -0.15) is 0 Å². The third kappa shape index (κ3) is 6.04. The summed E-state index contributed by atoms with van der Waals surface area (Å²) >= 11 is 0. The Kier molecular flexibility index (Phi) is 8.71. The van der Waals surface area contributed by atoms with E-state index in [1.54, 1.807) is 65.6 Å². The topological polar surface area (TPSA) is 96.0 Å². The smallest absolute Gasteiger partial charge is 0.264 e. The van der Waals surface area contributed by atoms with Crippen molar-refractivity contribution in [2.75, 3.05) is 36.4 Å². The van der Waals surface area contributed by atoms with Crippen molar-refractivity contribution in [1.82, 2.24) is 4.90 Å². The average Bonchev–Trinajstić information content (AvgIpc) is 2.88. The third-order valence-electron chi connectivity index (χ3n) is 5.74. The van der Waals surface area contributed by atoms with Crippen LogP contribution in [-0.4, -0.2) is 51.9 Å². The lowest BCUT2D eigenvalue weighted by atomic mass is 10.1. The number of amides is 2. The van der Waals surface area contributed by atoms with Crippen molar-refractivity contribution >= 4 is 33.2 Å². The number of para-hydroxylation sites is 1. The van der Waals surface area contributed by atoms with Crippen LogP contribution in [0.2, 0.25) is 0 Å². The highest BCUT2D eigenvalue weighted by Gasteiger charge is 2.28. The van der Waals surface area contributed by atoms with Crippen LogP contribution in [0.1, 0.15) is 29.8 Å². The maximum atomic E-state index is 13.6. The first-order chi connectivity index (χ1) is 17.2. The van der Waals surface area contributed by atoms with Gasteiger partial charge in [-0.05, 0) is 69.3 Å². The molecule has 0 bridgehead atoms. The molecule has 2 amide bonds. The van der Waals surface area contributed by atoms with Crippen molar-refractivity contribution in [3.05, 3.63) is 83.9 Å². The second-order valence-electron chi connectivity index (χ2n) is 8.09. The van der Waals surface area contributed by atoms with Crippen molar-refractivity contribution in [1.29, 1.82) is 0 Å². The largest absolute Gasteiger partial charge is 0.497 e. The van der Waals surface area contributed by atoms with Gasteiger partial charge in [0.15, 0.2) is 0 Å². The molecule has 0 aliphatic rings. The van der Waals surface area contributed by atoms with Crippen molar-refractivity contribution in [3.63, 3.8) is 0 Å². The number of hydrogen-bond acceptors (Lipinski definition) is 5. The predicted octanol–water partition coefficient (Wildman–Crippen LogP) is 4.32. The number of carbonyl (C=O) groups is 2. The Morgan fingerprint density at radius 3 is 2.08 bits per heavy atom. The number of aryl methyl sites for hydroxylation is 1. The molecular formula is C27H31N3O5S. The Balaban J connectivity index is 1.94. The molecule has 1 N–H and O–H groups in total. The first kappa shape index (κ1) is 26.7. The standard InChI is InChI=1S/C27H31N3O5S/c1-5-29(6-2)27(32)24-9-7-8-10-25(24)28-26(31)19-30(21-13-15-22(35-4)16-14-21)36(33,34)23-17-11-20(3)12-18-23/h7-18H,5-6,19H2,1-4H3,(H,28,31). The van der Waals surface area contributed by atoms with E-state index in [2.05, 4.69) is 5.32 Å². The van der Waals surface area contributed by atoms with Gasteiger partial charge in [-0.1, -0.05) is 29.8 Å². The van der Waals surface area contributed by atoms with E-state index < -0.39 is 22.5 Å². The van der Waals surface area contributed by atoms with Gasteiger partial charge in [0, 0.05) is 13.1 Å². The number of hydrogen-bond donors (Lipinski definition) is 1. The molecular weight excluding hydrogens is 478 g/mol. The summed E-state index contributed by atoms with van der Waals surface area (Å²) in [4.78, 5) is 27.8. The van der Waals surface area contributed by atoms with Crippen molar-refractivity contribution in [2.45, 2.75) is 25.7 Å². The minimum atomic E-state index is -4.07. The molecule has 0 aliphatic heterocycles. The number of rotatable bonds is 10. The minimum absolute atomic E-state index is 0.0637. The number of benzene rings is 3. The fraction of sp³-hybridized carbons (Fsp3) is 0.259. The molecule has 0 spiro atoms. The SMILES string of the molecule is CCN(CC)C(=O)c1ccccc1NC(=O)CN(c1ccc(OC)cc1)S(=O)(=O)c1ccc(C)cc1. The highest BCUT2D eigenvalue weighted by molar-refractivity contribution is 7.92. The van der Waals surface area contributed by atoms with Crippen LogP contribution >= 0.6 is 0 Å². The average molecular weight is 510 g/mol. The molecule has 0 unspecified atom stereocenters. The summed E-state index contributed by atoms with van der Waals surface area (Å²) in [5.41, 5.74) is 1.88. The van der Waals surface area contributed by atoms with E-state index in [9.17, 15) is 18.0 Å². The quantitative estimate of drug-likeness (QED) is 0.439. The molecule has 0 heterocycles. The molecule has 0 saturated heterocycles. The Labute approximate surface area is 212 Å². The molecule has 9 heteroatoms.